The molecule has 140 valence electrons. The molecular formula is C19H21ClF3N2O+. The molecule has 0 spiro atoms. The molecule has 1 amide bonds. The minimum absolute atomic E-state index is 0.0506. The van der Waals surface area contributed by atoms with Crippen LogP contribution in [0.2, 0.25) is 5.02 Å². The van der Waals surface area contributed by atoms with E-state index in [0.29, 0.717) is 12.5 Å². The van der Waals surface area contributed by atoms with Crippen molar-refractivity contribution in [2.24, 2.45) is 5.92 Å². The van der Waals surface area contributed by atoms with Crippen molar-refractivity contribution in [3.05, 3.63) is 64.7 Å². The number of carbonyl (C=O) groups excluding carboxylic acids is 1. The molecule has 0 aliphatic rings. The predicted molar refractivity (Wildman–Crippen MR) is 95.9 cm³/mol. The van der Waals surface area contributed by atoms with Gasteiger partial charge in [-0.15, -0.1) is 0 Å². The summed E-state index contributed by atoms with van der Waals surface area (Å²) in [6, 6.07) is 11.4. The molecule has 0 fully saturated rings. The number of nitrogens with one attached hydrogen (secondary N) is 1. The summed E-state index contributed by atoms with van der Waals surface area (Å²) < 4.78 is 38.7. The molecule has 7 heteroatoms. The molecule has 0 bridgehead atoms. The maximum atomic E-state index is 12.9. The molecule has 26 heavy (non-hydrogen) atoms. The molecule has 3 N–H and O–H groups in total. The number of anilines is 1. The van der Waals surface area contributed by atoms with E-state index in [4.69, 9.17) is 11.6 Å². The Kier molecular flexibility index (Phi) is 6.67. The lowest BCUT2D eigenvalue weighted by Gasteiger charge is -2.18. The number of benzene rings is 2. The quantitative estimate of drug-likeness (QED) is 0.766. The normalized spacial score (nSPS) is 12.9. The molecule has 0 unspecified atom stereocenters. The molecule has 1 atom stereocenters. The molecule has 0 heterocycles. The minimum Gasteiger partial charge on any atom is -0.332 e. The van der Waals surface area contributed by atoms with Gasteiger partial charge in [-0.05, 0) is 18.2 Å². The molecule has 0 aromatic heterocycles. The zero-order chi connectivity index (χ0) is 19.3. The van der Waals surface area contributed by atoms with Crippen LogP contribution < -0.4 is 10.6 Å². The standard InChI is InChI=1S/C19H20ClF3N2O/c1-12(2)11-24-17(13-6-4-3-5-7-13)18(26)25-16-10-14(19(21,22)23)8-9-15(16)20/h3-10,12,17,24H,11H2,1-2H3,(H,25,26)/p+1/t17-/m0/s1. The van der Waals surface area contributed by atoms with Gasteiger partial charge in [0.15, 0.2) is 6.04 Å². The van der Waals surface area contributed by atoms with Crippen LogP contribution in [0.1, 0.15) is 31.0 Å². The van der Waals surface area contributed by atoms with E-state index in [-0.39, 0.29) is 10.7 Å². The van der Waals surface area contributed by atoms with Crippen molar-refractivity contribution in [2.75, 3.05) is 11.9 Å². The summed E-state index contributed by atoms with van der Waals surface area (Å²) in [5.74, 6) is -0.0655. The van der Waals surface area contributed by atoms with Crippen LogP contribution in [0.3, 0.4) is 0 Å². The molecule has 0 aliphatic carbocycles. The lowest BCUT2D eigenvalue weighted by atomic mass is 10.0. The van der Waals surface area contributed by atoms with Gasteiger partial charge in [-0.25, -0.2) is 0 Å². The Hall–Kier alpha value is -2.05. The monoisotopic (exact) mass is 385 g/mol. The molecule has 0 radical (unpaired) electrons. The van der Waals surface area contributed by atoms with Crippen molar-refractivity contribution in [1.82, 2.24) is 0 Å². The van der Waals surface area contributed by atoms with Crippen LogP contribution in [0.15, 0.2) is 48.5 Å². The summed E-state index contributed by atoms with van der Waals surface area (Å²) in [5, 5.41) is 4.47. The highest BCUT2D eigenvalue weighted by Gasteiger charge is 2.32. The fourth-order valence-electron chi connectivity index (χ4n) is 2.47. The van der Waals surface area contributed by atoms with Crippen LogP contribution >= 0.6 is 11.6 Å². The highest BCUT2D eigenvalue weighted by atomic mass is 35.5. The Morgan fingerprint density at radius 3 is 2.38 bits per heavy atom. The first-order valence-corrected chi connectivity index (χ1v) is 8.62. The summed E-state index contributed by atoms with van der Waals surface area (Å²) in [6.07, 6.45) is -4.51. The number of amides is 1. The smallest absolute Gasteiger partial charge is 0.332 e. The number of halogens is 4. The van der Waals surface area contributed by atoms with Gasteiger partial charge in [-0.1, -0.05) is 55.8 Å². The second kappa shape index (κ2) is 8.56. The van der Waals surface area contributed by atoms with E-state index < -0.39 is 23.7 Å². The van der Waals surface area contributed by atoms with E-state index in [9.17, 15) is 18.0 Å². The van der Waals surface area contributed by atoms with Gasteiger partial charge >= 0.3 is 6.18 Å². The van der Waals surface area contributed by atoms with Crippen LogP contribution in [0.4, 0.5) is 18.9 Å². The molecule has 2 aromatic carbocycles. The van der Waals surface area contributed by atoms with Gasteiger partial charge in [0, 0.05) is 11.5 Å². The van der Waals surface area contributed by atoms with Gasteiger partial charge in [-0.3, -0.25) is 4.79 Å². The molecule has 0 saturated heterocycles. The summed E-state index contributed by atoms with van der Waals surface area (Å²) >= 11 is 5.98. The summed E-state index contributed by atoms with van der Waals surface area (Å²) in [4.78, 5) is 12.8. The zero-order valence-corrected chi connectivity index (χ0v) is 15.2. The van der Waals surface area contributed by atoms with Gasteiger partial charge in [0.25, 0.3) is 5.91 Å². The van der Waals surface area contributed by atoms with Crippen molar-refractivity contribution >= 4 is 23.2 Å². The van der Waals surface area contributed by atoms with E-state index >= 15 is 0 Å². The average Bonchev–Trinajstić information content (AvgIpc) is 2.56. The predicted octanol–water partition coefficient (Wildman–Crippen LogP) is 4.26. The number of carbonyl (C=O) groups is 1. The van der Waals surface area contributed by atoms with Crippen molar-refractivity contribution in [2.45, 2.75) is 26.1 Å². The maximum Gasteiger partial charge on any atom is 0.416 e. The van der Waals surface area contributed by atoms with E-state index in [1.54, 1.807) is 0 Å². The fraction of sp³-hybridized carbons (Fsp3) is 0.316. The SMILES string of the molecule is CC(C)C[NH2+][C@H](C(=O)Nc1cc(C(F)(F)F)ccc1Cl)c1ccccc1. The Morgan fingerprint density at radius 2 is 1.81 bits per heavy atom. The zero-order valence-electron chi connectivity index (χ0n) is 14.5. The average molecular weight is 386 g/mol. The van der Waals surface area contributed by atoms with Crippen molar-refractivity contribution in [1.29, 1.82) is 0 Å². The Morgan fingerprint density at radius 1 is 1.15 bits per heavy atom. The van der Waals surface area contributed by atoms with Crippen LogP contribution in [-0.2, 0) is 11.0 Å². The summed E-state index contributed by atoms with van der Waals surface area (Å²) in [7, 11) is 0. The number of hydrogen-bond acceptors (Lipinski definition) is 1. The highest BCUT2D eigenvalue weighted by Crippen LogP contribution is 2.34. The third kappa shape index (κ3) is 5.47. The first-order valence-electron chi connectivity index (χ1n) is 8.24. The molecule has 2 rings (SSSR count). The molecule has 0 aliphatic heterocycles. The number of nitrogens with two attached hydrogens (primary N) is 1. The van der Waals surface area contributed by atoms with Crippen LogP contribution in [0.5, 0.6) is 0 Å². The molecular weight excluding hydrogens is 365 g/mol. The van der Waals surface area contributed by atoms with Gasteiger partial charge < -0.3 is 10.6 Å². The van der Waals surface area contributed by atoms with Crippen molar-refractivity contribution in [3.8, 4) is 0 Å². The molecule has 3 nitrogen and oxygen atoms in total. The van der Waals surface area contributed by atoms with Crippen LogP contribution in [0.25, 0.3) is 0 Å². The number of rotatable bonds is 6. The lowest BCUT2D eigenvalue weighted by Crippen LogP contribution is -2.88. The largest absolute Gasteiger partial charge is 0.416 e. The number of hydrogen-bond donors (Lipinski definition) is 2. The van der Waals surface area contributed by atoms with Crippen LogP contribution in [0, 0.1) is 5.92 Å². The Labute approximate surface area is 155 Å². The number of alkyl halides is 3. The second-order valence-corrected chi connectivity index (χ2v) is 6.84. The second-order valence-electron chi connectivity index (χ2n) is 6.44. The molecule has 0 saturated carbocycles. The number of quaternary nitrogens is 1. The first-order chi connectivity index (χ1) is 12.2. The van der Waals surface area contributed by atoms with Gasteiger partial charge in [0.1, 0.15) is 0 Å². The fourth-order valence-corrected chi connectivity index (χ4v) is 2.64. The van der Waals surface area contributed by atoms with Crippen molar-refractivity contribution < 1.29 is 23.3 Å². The van der Waals surface area contributed by atoms with E-state index in [1.165, 1.54) is 0 Å². The third-order valence-corrected chi connectivity index (χ3v) is 4.17. The van der Waals surface area contributed by atoms with E-state index in [1.807, 2.05) is 49.5 Å². The third-order valence-electron chi connectivity index (χ3n) is 3.84. The van der Waals surface area contributed by atoms with Gasteiger partial charge in [0.2, 0.25) is 0 Å². The Balaban J connectivity index is 2.26. The van der Waals surface area contributed by atoms with Gasteiger partial charge in [-0.2, -0.15) is 13.2 Å². The van der Waals surface area contributed by atoms with Crippen molar-refractivity contribution in [3.63, 3.8) is 0 Å². The topological polar surface area (TPSA) is 45.7 Å². The summed E-state index contributed by atoms with van der Waals surface area (Å²) in [6.45, 7) is 4.75. The Bertz CT molecular complexity index is 748. The van der Waals surface area contributed by atoms with E-state index in [0.717, 1.165) is 23.8 Å². The molecule has 2 aromatic rings. The minimum atomic E-state index is -4.51. The van der Waals surface area contributed by atoms with E-state index in [2.05, 4.69) is 5.32 Å². The lowest BCUT2D eigenvalue weighted by molar-refractivity contribution is -0.686. The first kappa shape index (κ1) is 20.3. The highest BCUT2D eigenvalue weighted by molar-refractivity contribution is 6.33. The summed E-state index contributed by atoms with van der Waals surface area (Å²) in [5.41, 5.74) is -0.140. The maximum absolute atomic E-state index is 12.9. The van der Waals surface area contributed by atoms with Gasteiger partial charge in [0.05, 0.1) is 22.8 Å². The van der Waals surface area contributed by atoms with Crippen LogP contribution in [-0.4, -0.2) is 12.5 Å².